The first kappa shape index (κ1) is 10.4. The van der Waals surface area contributed by atoms with Crippen LogP contribution in [-0.4, -0.2) is 19.6 Å². The summed E-state index contributed by atoms with van der Waals surface area (Å²) in [5.41, 5.74) is 3.75. The summed E-state index contributed by atoms with van der Waals surface area (Å²) in [7, 11) is 1.96. The first-order valence-electron chi connectivity index (χ1n) is 5.30. The van der Waals surface area contributed by atoms with Crippen LogP contribution in [0.15, 0.2) is 23.8 Å². The van der Waals surface area contributed by atoms with Crippen LogP contribution < -0.4 is 5.46 Å². The molecular weight excluding hydrogens is 190 g/mol. The molecule has 78 valence electrons. The minimum absolute atomic E-state index is 0.0582. The van der Waals surface area contributed by atoms with Crippen molar-refractivity contribution >= 4 is 18.9 Å². The quantitative estimate of drug-likeness (QED) is 0.713. The molecule has 2 rings (SSSR count). The van der Waals surface area contributed by atoms with Crippen molar-refractivity contribution in [1.82, 2.24) is 0 Å². The minimum Gasteiger partial charge on any atom is -0.392 e. The molecule has 0 atom stereocenters. The van der Waals surface area contributed by atoms with E-state index < -0.39 is 0 Å². The van der Waals surface area contributed by atoms with Gasteiger partial charge in [-0.05, 0) is 36.5 Å². The fourth-order valence-corrected chi connectivity index (χ4v) is 2.18. The van der Waals surface area contributed by atoms with Crippen molar-refractivity contribution in [1.29, 1.82) is 0 Å². The maximum atomic E-state index is 13.6. The predicted octanol–water partition coefficient (Wildman–Crippen LogP) is 1.01. The number of allylic oxidation sites excluding steroid dienone is 1. The van der Waals surface area contributed by atoms with E-state index in [1.807, 2.05) is 13.9 Å². The van der Waals surface area contributed by atoms with Gasteiger partial charge in [0.05, 0.1) is 6.61 Å². The Morgan fingerprint density at radius 3 is 2.87 bits per heavy atom. The number of aliphatic hydroxyl groups is 1. The molecule has 0 saturated heterocycles. The van der Waals surface area contributed by atoms with Gasteiger partial charge < -0.3 is 5.11 Å². The highest BCUT2D eigenvalue weighted by molar-refractivity contribution is 6.32. The third-order valence-electron chi connectivity index (χ3n) is 2.97. The lowest BCUT2D eigenvalue weighted by Crippen LogP contribution is -2.05. The van der Waals surface area contributed by atoms with Crippen LogP contribution in [0.5, 0.6) is 0 Å². The van der Waals surface area contributed by atoms with Crippen molar-refractivity contribution in [2.24, 2.45) is 0 Å². The number of aliphatic hydroxyl groups excluding tert-OH is 1. The molecule has 1 aromatic carbocycles. The van der Waals surface area contributed by atoms with Gasteiger partial charge in [-0.25, -0.2) is 4.39 Å². The number of hydrogen-bond donors (Lipinski definition) is 1. The molecule has 0 saturated carbocycles. The van der Waals surface area contributed by atoms with Gasteiger partial charge in [-0.15, -0.1) is 0 Å². The van der Waals surface area contributed by atoms with E-state index in [0.29, 0.717) is 5.56 Å². The van der Waals surface area contributed by atoms with Crippen molar-refractivity contribution in [3.8, 4) is 0 Å². The van der Waals surface area contributed by atoms with E-state index in [1.54, 1.807) is 6.07 Å². The fourth-order valence-electron chi connectivity index (χ4n) is 2.18. The molecular formula is C12H14BFO. The van der Waals surface area contributed by atoms with Crippen molar-refractivity contribution in [2.75, 3.05) is 6.61 Å². The van der Waals surface area contributed by atoms with Crippen LogP contribution in [-0.2, 0) is 0 Å². The maximum absolute atomic E-state index is 13.6. The van der Waals surface area contributed by atoms with E-state index in [2.05, 4.69) is 0 Å². The summed E-state index contributed by atoms with van der Waals surface area (Å²) >= 11 is 0. The van der Waals surface area contributed by atoms with E-state index in [0.717, 1.165) is 35.9 Å². The zero-order chi connectivity index (χ0) is 10.8. The Hall–Kier alpha value is -1.09. The highest BCUT2D eigenvalue weighted by Gasteiger charge is 2.17. The second kappa shape index (κ2) is 4.19. The predicted molar refractivity (Wildman–Crippen MR) is 62.4 cm³/mol. The van der Waals surface area contributed by atoms with Crippen LogP contribution >= 0.6 is 0 Å². The number of benzene rings is 1. The van der Waals surface area contributed by atoms with Gasteiger partial charge in [0.1, 0.15) is 13.7 Å². The second-order valence-electron chi connectivity index (χ2n) is 4.08. The zero-order valence-electron chi connectivity index (χ0n) is 8.89. The van der Waals surface area contributed by atoms with Crippen LogP contribution in [0.1, 0.15) is 24.8 Å². The molecule has 1 nitrogen and oxygen atoms in total. The van der Waals surface area contributed by atoms with E-state index in [9.17, 15) is 9.50 Å². The van der Waals surface area contributed by atoms with Gasteiger partial charge in [-0.3, -0.25) is 0 Å². The minimum atomic E-state index is -0.177. The van der Waals surface area contributed by atoms with Gasteiger partial charge in [-0.2, -0.15) is 0 Å². The average Bonchev–Trinajstić information content (AvgIpc) is 2.69. The van der Waals surface area contributed by atoms with E-state index in [-0.39, 0.29) is 12.4 Å². The monoisotopic (exact) mass is 204 g/mol. The first-order valence-corrected chi connectivity index (χ1v) is 5.30. The molecule has 1 aliphatic rings. The molecule has 1 aliphatic carbocycles. The number of hydrogen-bond acceptors (Lipinski definition) is 1. The molecule has 0 heterocycles. The van der Waals surface area contributed by atoms with Crippen LogP contribution in [0.25, 0.3) is 5.57 Å². The molecule has 1 N–H and O–H groups in total. The SMILES string of the molecule is Bc1ccc(F)c(C2=C(CO)CCC2)c1. The lowest BCUT2D eigenvalue weighted by atomic mass is 9.91. The number of halogens is 1. The molecule has 15 heavy (non-hydrogen) atoms. The van der Waals surface area contributed by atoms with Gasteiger partial charge in [0.25, 0.3) is 0 Å². The normalized spacial score (nSPS) is 16.1. The summed E-state index contributed by atoms with van der Waals surface area (Å²) in [4.78, 5) is 0. The van der Waals surface area contributed by atoms with E-state index in [1.165, 1.54) is 6.07 Å². The van der Waals surface area contributed by atoms with Gasteiger partial charge in [0, 0.05) is 5.56 Å². The van der Waals surface area contributed by atoms with Crippen LogP contribution in [0.3, 0.4) is 0 Å². The Labute approximate surface area is 90.0 Å². The van der Waals surface area contributed by atoms with Crippen LogP contribution in [0.2, 0.25) is 0 Å². The standard InChI is InChI=1S/C12H14BFO/c13-9-4-5-12(14)11(6-9)10-3-1-2-8(10)7-15/h4-6,15H,1-3,7,13H2. The molecule has 1 aromatic rings. The first-order chi connectivity index (χ1) is 7.22. The van der Waals surface area contributed by atoms with E-state index in [4.69, 9.17) is 0 Å². The zero-order valence-corrected chi connectivity index (χ0v) is 8.89. The van der Waals surface area contributed by atoms with Gasteiger partial charge >= 0.3 is 0 Å². The van der Waals surface area contributed by atoms with Crippen molar-refractivity contribution in [2.45, 2.75) is 19.3 Å². The van der Waals surface area contributed by atoms with Crippen molar-refractivity contribution in [3.63, 3.8) is 0 Å². The molecule has 0 fully saturated rings. The third kappa shape index (κ3) is 1.97. The summed E-state index contributed by atoms with van der Waals surface area (Å²) in [6.07, 6.45) is 2.81. The Bertz CT molecular complexity index is 412. The Kier molecular flexibility index (Phi) is 2.92. The molecule has 0 aliphatic heterocycles. The van der Waals surface area contributed by atoms with Gasteiger partial charge in [-0.1, -0.05) is 17.6 Å². The number of rotatable bonds is 2. The summed E-state index contributed by atoms with van der Waals surface area (Å²) in [5, 5.41) is 9.18. The highest BCUT2D eigenvalue weighted by atomic mass is 19.1. The molecule has 0 aromatic heterocycles. The highest BCUT2D eigenvalue weighted by Crippen LogP contribution is 2.34. The Morgan fingerprint density at radius 2 is 2.13 bits per heavy atom. The summed E-state index contributed by atoms with van der Waals surface area (Å²) in [6, 6.07) is 5.14. The smallest absolute Gasteiger partial charge is 0.139 e. The Morgan fingerprint density at radius 1 is 1.33 bits per heavy atom. The summed E-state index contributed by atoms with van der Waals surface area (Å²) in [5.74, 6) is -0.177. The lowest BCUT2D eigenvalue weighted by molar-refractivity contribution is 0.328. The largest absolute Gasteiger partial charge is 0.392 e. The molecule has 0 unspecified atom stereocenters. The van der Waals surface area contributed by atoms with Crippen LogP contribution in [0, 0.1) is 5.82 Å². The topological polar surface area (TPSA) is 20.2 Å². The fraction of sp³-hybridized carbons (Fsp3) is 0.333. The van der Waals surface area contributed by atoms with Crippen LogP contribution in [0.4, 0.5) is 4.39 Å². The van der Waals surface area contributed by atoms with Gasteiger partial charge in [0.2, 0.25) is 0 Å². The third-order valence-corrected chi connectivity index (χ3v) is 2.97. The lowest BCUT2D eigenvalue weighted by Gasteiger charge is -2.08. The van der Waals surface area contributed by atoms with Crippen molar-refractivity contribution in [3.05, 3.63) is 35.2 Å². The average molecular weight is 204 g/mol. The molecule has 0 bridgehead atoms. The maximum Gasteiger partial charge on any atom is 0.139 e. The van der Waals surface area contributed by atoms with Crippen molar-refractivity contribution < 1.29 is 9.50 Å². The molecule has 3 heteroatoms. The molecule has 0 amide bonds. The van der Waals surface area contributed by atoms with E-state index >= 15 is 0 Å². The summed E-state index contributed by atoms with van der Waals surface area (Å²) < 4.78 is 13.6. The molecule has 0 spiro atoms. The summed E-state index contributed by atoms with van der Waals surface area (Å²) in [6.45, 7) is 0.0582. The second-order valence-corrected chi connectivity index (χ2v) is 4.08. The molecule has 0 radical (unpaired) electrons. The Balaban J connectivity index is 2.48. The van der Waals surface area contributed by atoms with Gasteiger partial charge in [0.15, 0.2) is 0 Å².